The van der Waals surface area contributed by atoms with E-state index in [4.69, 9.17) is 61.6 Å². The van der Waals surface area contributed by atoms with Gasteiger partial charge in [-0.25, -0.2) is 15.0 Å². The van der Waals surface area contributed by atoms with Gasteiger partial charge in [-0.05, 0) is 140 Å². The highest BCUT2D eigenvalue weighted by Crippen LogP contribution is 2.43. The number of piperidine rings is 2. The lowest BCUT2D eigenvalue weighted by atomic mass is 10.0. The van der Waals surface area contributed by atoms with Crippen LogP contribution in [0, 0.1) is 0 Å². The third-order valence-electron chi connectivity index (χ3n) is 11.3. The normalized spacial score (nSPS) is 15.3. The molecule has 14 nitrogen and oxygen atoms in total. The number of nitrogens with zero attached hydrogens (tertiary/aromatic N) is 8. The fourth-order valence-electron chi connectivity index (χ4n) is 8.75. The Morgan fingerprint density at radius 3 is 1.51 bits per heavy atom. The van der Waals surface area contributed by atoms with E-state index in [0.717, 1.165) is 99.1 Å². The molecule has 2 aliphatic heterocycles. The first-order valence-electron chi connectivity index (χ1n) is 23.5. The van der Waals surface area contributed by atoms with Crippen LogP contribution < -0.4 is 38.4 Å². The van der Waals surface area contributed by atoms with Crippen molar-refractivity contribution in [3.63, 3.8) is 0 Å². The van der Waals surface area contributed by atoms with Gasteiger partial charge in [-0.2, -0.15) is 4.98 Å². The second kappa shape index (κ2) is 23.1. The van der Waals surface area contributed by atoms with E-state index in [9.17, 15) is 0 Å². The highest BCUT2D eigenvalue weighted by molar-refractivity contribution is 6.31. The largest absolute Gasteiger partial charge is 0.493 e. The number of benzene rings is 3. The van der Waals surface area contributed by atoms with Crippen molar-refractivity contribution in [2.24, 2.45) is 0 Å². The zero-order chi connectivity index (χ0) is 47.6. The van der Waals surface area contributed by atoms with E-state index >= 15 is 0 Å². The number of likely N-dealkylation sites (tertiary alicyclic amines) is 2. The molecule has 3 aromatic carbocycles. The predicted molar refractivity (Wildman–Crippen MR) is 265 cm³/mol. The Labute approximate surface area is 406 Å². The van der Waals surface area contributed by atoms with Gasteiger partial charge in [0, 0.05) is 63.7 Å². The molecule has 7 rings (SSSR count). The molecule has 0 unspecified atom stereocenters. The summed E-state index contributed by atoms with van der Waals surface area (Å²) in [5.41, 5.74) is 2.27. The number of halogens is 2. The van der Waals surface area contributed by atoms with Crippen molar-refractivity contribution in [3.8, 4) is 40.2 Å². The molecule has 0 radical (unpaired) electrons. The number of rotatable bonds is 20. The van der Waals surface area contributed by atoms with Crippen LogP contribution in [-0.4, -0.2) is 99.5 Å². The van der Waals surface area contributed by atoms with E-state index in [1.54, 1.807) is 13.3 Å². The van der Waals surface area contributed by atoms with Crippen LogP contribution in [0.15, 0.2) is 79.3 Å². The van der Waals surface area contributed by atoms with Crippen LogP contribution in [0.3, 0.4) is 0 Å². The molecule has 2 saturated heterocycles. The quantitative estimate of drug-likeness (QED) is 0.0418. The van der Waals surface area contributed by atoms with Gasteiger partial charge < -0.3 is 28.4 Å². The summed E-state index contributed by atoms with van der Waals surface area (Å²) < 4.78 is 37.0. The molecule has 0 atom stereocenters. The van der Waals surface area contributed by atoms with E-state index in [1.807, 2.05) is 97.9 Å². The molecule has 0 spiro atoms. The van der Waals surface area contributed by atoms with Crippen molar-refractivity contribution in [1.29, 1.82) is 0 Å². The Morgan fingerprint density at radius 1 is 0.597 bits per heavy atom. The van der Waals surface area contributed by atoms with Crippen LogP contribution in [0.4, 0.5) is 11.6 Å². The lowest BCUT2D eigenvalue weighted by molar-refractivity contribution is 0.181. The van der Waals surface area contributed by atoms with Gasteiger partial charge in [-0.15, -0.1) is 0 Å². The minimum atomic E-state index is -0.0625. The third-order valence-corrected chi connectivity index (χ3v) is 11.8. The maximum absolute atomic E-state index is 7.03. The molecule has 2 aromatic heterocycles. The first-order valence-corrected chi connectivity index (χ1v) is 24.2. The lowest BCUT2D eigenvalue weighted by Crippen LogP contribution is -2.59. The van der Waals surface area contributed by atoms with Gasteiger partial charge in [0.15, 0.2) is 28.3 Å². The number of para-hydroxylation sites is 2. The summed E-state index contributed by atoms with van der Waals surface area (Å²) in [4.78, 5) is 23.5. The Hall–Kier alpha value is -5.28. The number of aromatic nitrogens is 4. The maximum Gasteiger partial charge on any atom is 0.224 e. The standard InChI is InChI=1S/C51H66Cl2N8O6/c1-33(2)63-41-24-37(25-42(28-41)64-34(3)4)30-58-20-15-39(16-21-58)60(47-14-19-54-51(53)57-47)61(50-48(49(52)55-32-56-50)67-46-13-11-10-12-45(46)62-9)40-17-22-59(23-18-40)31-38-26-43(65-35(5)6)29-44(27-38)66-36(7)8/h10-14,19,24-29,32-36,39-40H,15-18,20-23,30-31H2,1-9H3. The molecular weight excluding hydrogens is 892 g/mol. The van der Waals surface area contributed by atoms with Gasteiger partial charge in [0.05, 0.1) is 43.6 Å². The predicted octanol–water partition coefficient (Wildman–Crippen LogP) is 11.1. The van der Waals surface area contributed by atoms with Gasteiger partial charge in [0.25, 0.3) is 0 Å². The summed E-state index contributed by atoms with van der Waals surface area (Å²) in [6.07, 6.45) is 6.54. The summed E-state index contributed by atoms with van der Waals surface area (Å²) in [5.74, 6) is 5.71. The smallest absolute Gasteiger partial charge is 0.224 e. The zero-order valence-corrected chi connectivity index (χ0v) is 41.8. The SMILES string of the molecule is COc1ccccc1Oc1c(Cl)ncnc1N(C1CCN(Cc2cc(OC(C)C)cc(OC(C)C)c2)CC1)N(c1ccnc(Cl)n1)C1CCN(Cc2cc(OC(C)C)cc(OC(C)C)c2)CC1. The average Bonchev–Trinajstić information content (AvgIpc) is 3.26. The van der Waals surface area contributed by atoms with Gasteiger partial charge >= 0.3 is 0 Å². The molecule has 0 bridgehead atoms. The maximum atomic E-state index is 7.03. The van der Waals surface area contributed by atoms with Crippen molar-refractivity contribution in [1.82, 2.24) is 29.7 Å². The molecule has 0 aliphatic carbocycles. The molecule has 5 aromatic rings. The van der Waals surface area contributed by atoms with E-state index in [-0.39, 0.29) is 46.9 Å². The van der Waals surface area contributed by atoms with Crippen LogP contribution in [0.2, 0.25) is 10.4 Å². The fraction of sp³-hybridized carbons (Fsp3) is 0.490. The lowest BCUT2D eigenvalue weighted by Gasteiger charge is -2.49. The minimum Gasteiger partial charge on any atom is -0.493 e. The number of hydrogen-bond acceptors (Lipinski definition) is 14. The minimum absolute atomic E-state index is 0.0217. The van der Waals surface area contributed by atoms with Crippen molar-refractivity contribution in [3.05, 3.63) is 101 Å². The number of methoxy groups -OCH3 is 1. The van der Waals surface area contributed by atoms with E-state index in [1.165, 1.54) is 6.33 Å². The molecule has 2 fully saturated rings. The van der Waals surface area contributed by atoms with E-state index < -0.39 is 0 Å². The average molecular weight is 958 g/mol. The molecule has 0 N–H and O–H groups in total. The van der Waals surface area contributed by atoms with Gasteiger partial charge in [-0.1, -0.05) is 23.7 Å². The third kappa shape index (κ3) is 13.7. The van der Waals surface area contributed by atoms with Gasteiger partial charge in [0.2, 0.25) is 11.0 Å². The van der Waals surface area contributed by atoms with Crippen LogP contribution in [0.25, 0.3) is 0 Å². The molecule has 16 heteroatoms. The van der Waals surface area contributed by atoms with Crippen LogP contribution in [0.1, 0.15) is 92.2 Å². The molecule has 67 heavy (non-hydrogen) atoms. The number of hydrazine groups is 1. The van der Waals surface area contributed by atoms with E-state index in [2.05, 4.69) is 54.1 Å². The summed E-state index contributed by atoms with van der Waals surface area (Å²) in [5, 5.41) is 4.81. The molecule has 360 valence electrons. The topological polar surface area (TPSA) is 120 Å². The summed E-state index contributed by atoms with van der Waals surface area (Å²) >= 11 is 13.7. The van der Waals surface area contributed by atoms with Crippen molar-refractivity contribution in [2.45, 2.75) is 131 Å². The first-order chi connectivity index (χ1) is 32.2. The first kappa shape index (κ1) is 49.6. The fourth-order valence-corrected chi connectivity index (χ4v) is 9.06. The summed E-state index contributed by atoms with van der Waals surface area (Å²) in [6.45, 7) is 21.0. The van der Waals surface area contributed by atoms with Crippen LogP contribution >= 0.6 is 23.2 Å². The highest BCUT2D eigenvalue weighted by atomic mass is 35.5. The molecule has 0 saturated carbocycles. The van der Waals surface area contributed by atoms with Crippen molar-refractivity contribution >= 4 is 34.8 Å². The monoisotopic (exact) mass is 956 g/mol. The summed E-state index contributed by atoms with van der Waals surface area (Å²) in [7, 11) is 1.61. The Bertz CT molecular complexity index is 2320. The Kier molecular flexibility index (Phi) is 17.1. The number of anilines is 2. The number of ether oxygens (including phenoxy) is 6. The Morgan fingerprint density at radius 2 is 1.06 bits per heavy atom. The van der Waals surface area contributed by atoms with Crippen LogP contribution in [0.5, 0.6) is 40.2 Å². The zero-order valence-electron chi connectivity index (χ0n) is 40.3. The van der Waals surface area contributed by atoms with Crippen LogP contribution in [-0.2, 0) is 13.1 Å². The number of hydrogen-bond donors (Lipinski definition) is 0. The molecule has 0 amide bonds. The molecular formula is C51H66Cl2N8O6. The van der Waals surface area contributed by atoms with Gasteiger partial charge in [0.1, 0.15) is 29.3 Å². The van der Waals surface area contributed by atoms with Crippen molar-refractivity contribution < 1.29 is 28.4 Å². The molecule has 4 heterocycles. The second-order valence-corrected chi connectivity index (χ2v) is 18.9. The Balaban J connectivity index is 1.21. The highest BCUT2D eigenvalue weighted by Gasteiger charge is 2.39. The van der Waals surface area contributed by atoms with E-state index in [0.29, 0.717) is 28.9 Å². The second-order valence-electron chi connectivity index (χ2n) is 18.2. The van der Waals surface area contributed by atoms with Crippen molar-refractivity contribution in [2.75, 3.05) is 43.3 Å². The van der Waals surface area contributed by atoms with Gasteiger partial charge in [-0.3, -0.25) is 19.8 Å². The summed E-state index contributed by atoms with van der Waals surface area (Å²) in [6, 6.07) is 21.7. The molecule has 2 aliphatic rings.